The van der Waals surface area contributed by atoms with Crippen molar-refractivity contribution in [3.63, 3.8) is 0 Å². The van der Waals surface area contributed by atoms with E-state index in [2.05, 4.69) is 21.2 Å². The van der Waals surface area contributed by atoms with Crippen LogP contribution in [0.25, 0.3) is 0 Å². The highest BCUT2D eigenvalue weighted by atomic mass is 79.9. The van der Waals surface area contributed by atoms with E-state index in [-0.39, 0.29) is 5.76 Å². The van der Waals surface area contributed by atoms with Crippen LogP contribution in [-0.2, 0) is 0 Å². The fourth-order valence-corrected chi connectivity index (χ4v) is 2.70. The predicted molar refractivity (Wildman–Crippen MR) is 99.9 cm³/mol. The van der Waals surface area contributed by atoms with Gasteiger partial charge >= 0.3 is 0 Å². The third-order valence-corrected chi connectivity index (χ3v) is 4.13. The Morgan fingerprint density at radius 1 is 1.04 bits per heavy atom. The Morgan fingerprint density at radius 2 is 1.73 bits per heavy atom. The average molecular weight is 417 g/mol. The highest BCUT2D eigenvalue weighted by Gasteiger charge is 2.21. The van der Waals surface area contributed by atoms with Gasteiger partial charge in [-0.3, -0.25) is 9.59 Å². The molecule has 0 saturated heterocycles. The van der Waals surface area contributed by atoms with Crippen molar-refractivity contribution in [2.24, 2.45) is 0 Å². The van der Waals surface area contributed by atoms with Crippen LogP contribution in [0.3, 0.4) is 0 Å². The summed E-state index contributed by atoms with van der Waals surface area (Å²) in [5.74, 6) is -1.04. The van der Waals surface area contributed by atoms with Gasteiger partial charge in [0.25, 0.3) is 11.8 Å². The Labute approximate surface area is 157 Å². The van der Waals surface area contributed by atoms with Gasteiger partial charge in [-0.05, 0) is 64.5 Å². The third-order valence-electron chi connectivity index (χ3n) is 3.70. The zero-order valence-electron chi connectivity index (χ0n) is 13.7. The average Bonchev–Trinajstić information content (AvgIpc) is 3.08. The predicted octanol–water partition coefficient (Wildman–Crippen LogP) is 4.71. The number of rotatable bonds is 4. The first-order valence-electron chi connectivity index (χ1n) is 7.65. The molecule has 0 radical (unpaired) electrons. The number of furan rings is 1. The maximum Gasteiger partial charge on any atom is 0.293 e. The van der Waals surface area contributed by atoms with Crippen LogP contribution in [-0.4, -0.2) is 18.9 Å². The van der Waals surface area contributed by atoms with Gasteiger partial charge in [-0.25, -0.2) is 4.39 Å². The molecule has 3 aromatic rings. The number of amides is 2. The van der Waals surface area contributed by atoms with Crippen LogP contribution in [0.1, 0.15) is 20.9 Å². The lowest BCUT2D eigenvalue weighted by atomic mass is 10.1. The third kappa shape index (κ3) is 3.83. The number of carbonyl (C=O) groups excluding carboxylic acids is 2. The minimum Gasteiger partial charge on any atom is -0.444 e. The van der Waals surface area contributed by atoms with Gasteiger partial charge in [0.05, 0.1) is 11.3 Å². The Balaban J connectivity index is 1.86. The van der Waals surface area contributed by atoms with Crippen molar-refractivity contribution in [3.8, 4) is 0 Å². The van der Waals surface area contributed by atoms with Gasteiger partial charge < -0.3 is 14.6 Å². The highest BCUT2D eigenvalue weighted by Crippen LogP contribution is 2.24. The molecular weight excluding hydrogens is 403 g/mol. The number of halogens is 2. The van der Waals surface area contributed by atoms with Crippen LogP contribution < -0.4 is 10.2 Å². The van der Waals surface area contributed by atoms with E-state index >= 15 is 0 Å². The summed E-state index contributed by atoms with van der Waals surface area (Å²) in [5, 5.41) is 2.69. The quantitative estimate of drug-likeness (QED) is 0.669. The SMILES string of the molecule is CN(C(=O)c1ccc(Br)o1)c1ccccc1C(=O)Nc1ccc(F)cc1. The van der Waals surface area contributed by atoms with Crippen molar-refractivity contribution >= 4 is 39.1 Å². The van der Waals surface area contributed by atoms with Crippen molar-refractivity contribution in [1.82, 2.24) is 0 Å². The lowest BCUT2D eigenvalue weighted by Gasteiger charge is -2.19. The van der Waals surface area contributed by atoms with Crippen LogP contribution >= 0.6 is 15.9 Å². The second kappa shape index (κ2) is 7.53. The molecule has 3 rings (SSSR count). The van der Waals surface area contributed by atoms with Crippen LogP contribution in [0.4, 0.5) is 15.8 Å². The van der Waals surface area contributed by atoms with Gasteiger partial charge in [0.1, 0.15) is 5.82 Å². The van der Waals surface area contributed by atoms with Crippen molar-refractivity contribution in [2.45, 2.75) is 0 Å². The molecular formula is C19H14BrFN2O3. The van der Waals surface area contributed by atoms with E-state index in [4.69, 9.17) is 4.42 Å². The number of nitrogens with zero attached hydrogens (tertiary/aromatic N) is 1. The van der Waals surface area contributed by atoms with E-state index in [0.29, 0.717) is 21.6 Å². The molecule has 0 atom stereocenters. The molecule has 26 heavy (non-hydrogen) atoms. The van der Waals surface area contributed by atoms with E-state index < -0.39 is 17.6 Å². The Hall–Kier alpha value is -2.93. The van der Waals surface area contributed by atoms with Gasteiger partial charge in [-0.15, -0.1) is 0 Å². The molecule has 132 valence electrons. The van der Waals surface area contributed by atoms with Crippen molar-refractivity contribution in [3.05, 3.63) is 82.5 Å². The summed E-state index contributed by atoms with van der Waals surface area (Å²) in [6.07, 6.45) is 0. The standard InChI is InChI=1S/C19H14BrFN2O3/c1-23(19(25)16-10-11-17(20)26-16)15-5-3-2-4-14(15)18(24)22-13-8-6-12(21)7-9-13/h2-11H,1H3,(H,22,24). The number of benzene rings is 2. The molecule has 0 aliphatic carbocycles. The zero-order valence-corrected chi connectivity index (χ0v) is 15.3. The maximum atomic E-state index is 13.0. The molecule has 1 heterocycles. The van der Waals surface area contributed by atoms with Crippen LogP contribution in [0.5, 0.6) is 0 Å². The van der Waals surface area contributed by atoms with Gasteiger partial charge in [0, 0.05) is 12.7 Å². The maximum absolute atomic E-state index is 13.0. The minimum absolute atomic E-state index is 0.146. The fraction of sp³-hybridized carbons (Fsp3) is 0.0526. The summed E-state index contributed by atoms with van der Waals surface area (Å²) < 4.78 is 18.7. The largest absolute Gasteiger partial charge is 0.444 e. The van der Waals surface area contributed by atoms with Crippen molar-refractivity contribution in [1.29, 1.82) is 0 Å². The molecule has 0 bridgehead atoms. The summed E-state index contributed by atoms with van der Waals surface area (Å²) >= 11 is 3.16. The van der Waals surface area contributed by atoms with Crippen LogP contribution in [0.15, 0.2) is 69.8 Å². The first-order valence-corrected chi connectivity index (χ1v) is 8.44. The molecule has 0 unspecified atom stereocenters. The summed E-state index contributed by atoms with van der Waals surface area (Å²) in [5.41, 5.74) is 1.18. The van der Waals surface area contributed by atoms with E-state index in [9.17, 15) is 14.0 Å². The number of carbonyl (C=O) groups is 2. The second-order valence-corrected chi connectivity index (χ2v) is 6.23. The van der Waals surface area contributed by atoms with E-state index in [0.717, 1.165) is 0 Å². The Morgan fingerprint density at radius 3 is 2.38 bits per heavy atom. The first kappa shape index (κ1) is 17.9. The molecule has 0 fully saturated rings. The summed E-state index contributed by atoms with van der Waals surface area (Å²) in [4.78, 5) is 26.5. The zero-order chi connectivity index (χ0) is 18.7. The molecule has 0 spiro atoms. The number of hydrogen-bond donors (Lipinski definition) is 1. The first-order chi connectivity index (χ1) is 12.5. The molecule has 0 saturated carbocycles. The van der Waals surface area contributed by atoms with Crippen molar-refractivity contribution < 1.29 is 18.4 Å². The Bertz CT molecular complexity index is 953. The normalized spacial score (nSPS) is 10.4. The van der Waals surface area contributed by atoms with Crippen molar-refractivity contribution in [2.75, 3.05) is 17.3 Å². The van der Waals surface area contributed by atoms with Gasteiger partial charge in [-0.1, -0.05) is 12.1 Å². The molecule has 0 aliphatic rings. The van der Waals surface area contributed by atoms with E-state index in [1.807, 2.05) is 0 Å². The second-order valence-electron chi connectivity index (χ2n) is 5.45. The van der Waals surface area contributed by atoms with Gasteiger partial charge in [0.2, 0.25) is 0 Å². The van der Waals surface area contributed by atoms with Gasteiger partial charge in [0.15, 0.2) is 10.4 Å². The van der Waals surface area contributed by atoms with Crippen LogP contribution in [0.2, 0.25) is 0 Å². The van der Waals surface area contributed by atoms with E-state index in [1.54, 1.807) is 43.4 Å². The Kier molecular flexibility index (Phi) is 5.18. The number of anilines is 2. The van der Waals surface area contributed by atoms with Gasteiger partial charge in [-0.2, -0.15) is 0 Å². The summed E-state index contributed by atoms with van der Waals surface area (Å²) in [6, 6.07) is 15.3. The topological polar surface area (TPSA) is 62.6 Å². The molecule has 1 aromatic heterocycles. The summed E-state index contributed by atoms with van der Waals surface area (Å²) in [6.45, 7) is 0. The molecule has 2 aromatic carbocycles. The monoisotopic (exact) mass is 416 g/mol. The fourth-order valence-electron chi connectivity index (χ4n) is 2.39. The smallest absolute Gasteiger partial charge is 0.293 e. The molecule has 1 N–H and O–H groups in total. The number of hydrogen-bond acceptors (Lipinski definition) is 3. The molecule has 5 nitrogen and oxygen atoms in total. The minimum atomic E-state index is -0.410. The lowest BCUT2D eigenvalue weighted by Crippen LogP contribution is -2.28. The number of nitrogens with one attached hydrogen (secondary N) is 1. The molecule has 0 aliphatic heterocycles. The summed E-state index contributed by atoms with van der Waals surface area (Å²) in [7, 11) is 1.56. The lowest BCUT2D eigenvalue weighted by molar-refractivity contribution is 0.0965. The molecule has 7 heteroatoms. The highest BCUT2D eigenvalue weighted by molar-refractivity contribution is 9.10. The van der Waals surface area contributed by atoms with Crippen LogP contribution in [0, 0.1) is 5.82 Å². The number of para-hydroxylation sites is 1. The van der Waals surface area contributed by atoms with E-state index in [1.165, 1.54) is 29.2 Å². The molecule has 2 amide bonds.